The minimum absolute atomic E-state index is 0.0388. The summed E-state index contributed by atoms with van der Waals surface area (Å²) in [5, 5.41) is 1.15. The topological polar surface area (TPSA) is 58.6 Å². The van der Waals surface area contributed by atoms with Crippen molar-refractivity contribution in [3.05, 3.63) is 15.7 Å². The van der Waals surface area contributed by atoms with Crippen molar-refractivity contribution >= 4 is 44.9 Å². The molecule has 6 nitrogen and oxygen atoms in total. The van der Waals surface area contributed by atoms with Gasteiger partial charge in [0.15, 0.2) is 0 Å². The molecule has 29 heavy (non-hydrogen) atoms. The SMILES string of the molecule is Cc1c(C(=O)OC2CCCCC2)sc2nc(Cl)nc(N(C)C3CCN(C)CC3)c12. The van der Waals surface area contributed by atoms with Gasteiger partial charge in [-0.1, -0.05) is 6.42 Å². The minimum atomic E-state index is -0.235. The van der Waals surface area contributed by atoms with Gasteiger partial charge in [-0.3, -0.25) is 0 Å². The molecule has 1 saturated heterocycles. The molecule has 2 aromatic rings. The number of nitrogens with zero attached hydrogens (tertiary/aromatic N) is 4. The second-order valence-corrected chi connectivity index (χ2v) is 9.70. The van der Waals surface area contributed by atoms with E-state index in [0.29, 0.717) is 10.9 Å². The summed E-state index contributed by atoms with van der Waals surface area (Å²) in [6.45, 7) is 4.11. The van der Waals surface area contributed by atoms with Crippen LogP contribution in [-0.2, 0) is 4.74 Å². The molecule has 2 aromatic heterocycles. The lowest BCUT2D eigenvalue weighted by molar-refractivity contribution is 0.0216. The third-order valence-corrected chi connectivity index (χ3v) is 7.66. The van der Waals surface area contributed by atoms with E-state index in [1.165, 1.54) is 17.8 Å². The number of fused-ring (bicyclic) bond motifs is 1. The standard InChI is InChI=1S/C21H29ClN4O2S/c1-13-16-18(26(3)14-9-11-25(2)12-10-14)23-21(22)24-19(16)29-17(13)20(27)28-15-7-5-4-6-8-15/h14-15H,4-12H2,1-3H3. The summed E-state index contributed by atoms with van der Waals surface area (Å²) < 4.78 is 5.82. The number of halogens is 1. The number of aromatic nitrogens is 2. The Morgan fingerprint density at radius 1 is 1.17 bits per heavy atom. The quantitative estimate of drug-likeness (QED) is 0.512. The van der Waals surface area contributed by atoms with E-state index < -0.39 is 0 Å². The van der Waals surface area contributed by atoms with E-state index in [9.17, 15) is 4.79 Å². The van der Waals surface area contributed by atoms with Crippen LogP contribution in [0, 0.1) is 6.92 Å². The molecule has 2 fully saturated rings. The number of thiophene rings is 1. The fourth-order valence-corrected chi connectivity index (χ4v) is 5.76. The molecule has 0 atom stereocenters. The van der Waals surface area contributed by atoms with Crippen LogP contribution >= 0.6 is 22.9 Å². The highest BCUT2D eigenvalue weighted by Crippen LogP contribution is 2.38. The van der Waals surface area contributed by atoms with Crippen molar-refractivity contribution in [3.63, 3.8) is 0 Å². The maximum absolute atomic E-state index is 12.9. The lowest BCUT2D eigenvalue weighted by Crippen LogP contribution is -2.42. The van der Waals surface area contributed by atoms with Gasteiger partial charge in [0.05, 0.1) is 5.39 Å². The number of ether oxygens (including phenoxy) is 1. The molecule has 8 heteroatoms. The molecule has 158 valence electrons. The van der Waals surface area contributed by atoms with E-state index in [-0.39, 0.29) is 17.4 Å². The van der Waals surface area contributed by atoms with Gasteiger partial charge in [0, 0.05) is 13.1 Å². The highest BCUT2D eigenvalue weighted by Gasteiger charge is 2.28. The molecule has 2 aliphatic rings. The molecule has 0 spiro atoms. The summed E-state index contributed by atoms with van der Waals surface area (Å²) >= 11 is 7.63. The summed E-state index contributed by atoms with van der Waals surface area (Å²) in [7, 11) is 4.23. The van der Waals surface area contributed by atoms with Crippen LogP contribution in [-0.4, -0.2) is 60.2 Å². The second-order valence-electron chi connectivity index (χ2n) is 8.36. The Morgan fingerprint density at radius 3 is 2.55 bits per heavy atom. The van der Waals surface area contributed by atoms with Crippen LogP contribution in [0.5, 0.6) is 0 Å². The van der Waals surface area contributed by atoms with E-state index in [0.717, 1.165) is 73.2 Å². The van der Waals surface area contributed by atoms with Crippen molar-refractivity contribution in [2.75, 3.05) is 32.1 Å². The van der Waals surface area contributed by atoms with Crippen molar-refractivity contribution in [3.8, 4) is 0 Å². The zero-order valence-electron chi connectivity index (χ0n) is 17.4. The predicted molar refractivity (Wildman–Crippen MR) is 118 cm³/mol. The average molecular weight is 437 g/mol. The molecule has 0 aromatic carbocycles. The maximum atomic E-state index is 12.9. The van der Waals surface area contributed by atoms with E-state index in [1.54, 1.807) is 0 Å². The first-order valence-electron chi connectivity index (χ1n) is 10.5. The summed E-state index contributed by atoms with van der Waals surface area (Å²) in [6.07, 6.45) is 7.63. The summed E-state index contributed by atoms with van der Waals surface area (Å²) in [5.74, 6) is 0.585. The number of carbonyl (C=O) groups is 1. The van der Waals surface area contributed by atoms with E-state index in [1.807, 2.05) is 6.92 Å². The first kappa shape index (κ1) is 20.8. The third kappa shape index (κ3) is 4.37. The molecule has 0 amide bonds. The fraction of sp³-hybridized carbons (Fsp3) is 0.667. The van der Waals surface area contributed by atoms with Crippen LogP contribution in [0.15, 0.2) is 0 Å². The van der Waals surface area contributed by atoms with Crippen LogP contribution < -0.4 is 4.90 Å². The first-order chi connectivity index (χ1) is 13.9. The molecule has 0 radical (unpaired) electrons. The first-order valence-corrected chi connectivity index (χ1v) is 11.7. The Bertz CT molecular complexity index is 888. The van der Waals surface area contributed by atoms with Crippen LogP contribution in [0.4, 0.5) is 5.82 Å². The van der Waals surface area contributed by atoms with Gasteiger partial charge in [-0.25, -0.2) is 9.78 Å². The lowest BCUT2D eigenvalue weighted by atomic mass is 9.98. The highest BCUT2D eigenvalue weighted by atomic mass is 35.5. The Hall–Kier alpha value is -1.44. The van der Waals surface area contributed by atoms with Gasteiger partial charge in [0.2, 0.25) is 5.28 Å². The Morgan fingerprint density at radius 2 is 1.86 bits per heavy atom. The molecular formula is C21H29ClN4O2S. The van der Waals surface area contributed by atoms with Gasteiger partial charge in [0.1, 0.15) is 21.6 Å². The molecule has 0 unspecified atom stereocenters. The monoisotopic (exact) mass is 436 g/mol. The Kier molecular flexibility index (Phi) is 6.27. The molecule has 1 saturated carbocycles. The lowest BCUT2D eigenvalue weighted by Gasteiger charge is -2.36. The van der Waals surface area contributed by atoms with Gasteiger partial charge in [-0.05, 0) is 82.8 Å². The highest BCUT2D eigenvalue weighted by molar-refractivity contribution is 7.20. The van der Waals surface area contributed by atoms with Crippen molar-refractivity contribution in [1.82, 2.24) is 14.9 Å². The number of anilines is 1. The smallest absolute Gasteiger partial charge is 0.348 e. The van der Waals surface area contributed by atoms with Crippen LogP contribution in [0.2, 0.25) is 5.28 Å². The normalized spacial score (nSPS) is 19.6. The molecule has 3 heterocycles. The van der Waals surface area contributed by atoms with E-state index >= 15 is 0 Å². The number of likely N-dealkylation sites (tertiary alicyclic amines) is 1. The Labute approximate surface area is 181 Å². The zero-order valence-corrected chi connectivity index (χ0v) is 19.0. The molecular weight excluding hydrogens is 408 g/mol. The number of hydrogen-bond donors (Lipinski definition) is 0. The van der Waals surface area contributed by atoms with Crippen molar-refractivity contribution in [1.29, 1.82) is 0 Å². The summed E-state index contributed by atoms with van der Waals surface area (Å²) in [6, 6.07) is 0.400. The van der Waals surface area contributed by atoms with Crippen molar-refractivity contribution in [2.24, 2.45) is 0 Å². The minimum Gasteiger partial charge on any atom is -0.458 e. The molecule has 0 N–H and O–H groups in total. The fourth-order valence-electron chi connectivity index (χ4n) is 4.49. The van der Waals surface area contributed by atoms with Gasteiger partial charge in [-0.15, -0.1) is 11.3 Å². The van der Waals surface area contributed by atoms with Crippen LogP contribution in [0.1, 0.15) is 60.2 Å². The summed E-state index contributed by atoms with van der Waals surface area (Å²) in [5.41, 5.74) is 0.900. The molecule has 0 bridgehead atoms. The van der Waals surface area contributed by atoms with Crippen molar-refractivity contribution < 1.29 is 9.53 Å². The number of esters is 1. The molecule has 4 rings (SSSR count). The van der Waals surface area contributed by atoms with Crippen molar-refractivity contribution in [2.45, 2.75) is 64.0 Å². The maximum Gasteiger partial charge on any atom is 0.348 e. The van der Waals surface area contributed by atoms with Gasteiger partial charge < -0.3 is 14.5 Å². The average Bonchev–Trinajstić information content (AvgIpc) is 3.04. The largest absolute Gasteiger partial charge is 0.458 e. The zero-order chi connectivity index (χ0) is 20.5. The number of carbonyl (C=O) groups excluding carboxylic acids is 1. The number of piperidine rings is 1. The van der Waals surface area contributed by atoms with E-state index in [2.05, 4.69) is 33.9 Å². The number of aryl methyl sites for hydroxylation is 1. The van der Waals surface area contributed by atoms with Crippen LogP contribution in [0.25, 0.3) is 10.2 Å². The number of hydrogen-bond acceptors (Lipinski definition) is 7. The number of rotatable bonds is 4. The van der Waals surface area contributed by atoms with Gasteiger partial charge >= 0.3 is 5.97 Å². The van der Waals surface area contributed by atoms with Gasteiger partial charge in [-0.2, -0.15) is 4.98 Å². The van der Waals surface area contributed by atoms with Crippen LogP contribution in [0.3, 0.4) is 0 Å². The summed E-state index contributed by atoms with van der Waals surface area (Å²) in [4.78, 5) is 27.8. The predicted octanol–water partition coefficient (Wildman–Crippen LogP) is 4.67. The third-order valence-electron chi connectivity index (χ3n) is 6.32. The molecule has 1 aliphatic heterocycles. The molecule has 1 aliphatic carbocycles. The van der Waals surface area contributed by atoms with E-state index in [4.69, 9.17) is 16.3 Å². The second kappa shape index (κ2) is 8.74. The van der Waals surface area contributed by atoms with Gasteiger partial charge in [0.25, 0.3) is 0 Å². The Balaban J connectivity index is 1.64.